The fourth-order valence-corrected chi connectivity index (χ4v) is 1.65. The van der Waals surface area contributed by atoms with Gasteiger partial charge in [0.15, 0.2) is 0 Å². The second kappa shape index (κ2) is 5.40. The molecule has 1 aromatic carbocycles. The Hall–Kier alpha value is -2.23. The largest absolute Gasteiger partial charge is 0.346 e. The minimum Gasteiger partial charge on any atom is -0.346 e. The molecule has 0 saturated heterocycles. The van der Waals surface area contributed by atoms with Gasteiger partial charge in [-0.3, -0.25) is 9.78 Å². The van der Waals surface area contributed by atoms with Gasteiger partial charge in [-0.1, -0.05) is 6.07 Å². The van der Waals surface area contributed by atoms with Crippen LogP contribution in [0.5, 0.6) is 0 Å². The van der Waals surface area contributed by atoms with Crippen molar-refractivity contribution >= 4 is 5.91 Å². The highest BCUT2D eigenvalue weighted by Gasteiger charge is 2.11. The van der Waals surface area contributed by atoms with E-state index in [4.69, 9.17) is 0 Å². The van der Waals surface area contributed by atoms with Crippen LogP contribution in [-0.2, 0) is 0 Å². The molecule has 4 heteroatoms. The molecule has 3 nitrogen and oxygen atoms in total. The average Bonchev–Trinajstić information content (AvgIpc) is 2.39. The van der Waals surface area contributed by atoms with Gasteiger partial charge in [-0.25, -0.2) is 4.39 Å². The van der Waals surface area contributed by atoms with E-state index in [-0.39, 0.29) is 11.9 Å². The Labute approximate surface area is 105 Å². The summed E-state index contributed by atoms with van der Waals surface area (Å²) >= 11 is 0. The maximum Gasteiger partial charge on any atom is 0.251 e. The quantitative estimate of drug-likeness (QED) is 0.902. The van der Waals surface area contributed by atoms with Gasteiger partial charge in [0.1, 0.15) is 5.82 Å². The molecule has 0 unspecified atom stereocenters. The third-order valence-corrected chi connectivity index (χ3v) is 2.64. The van der Waals surface area contributed by atoms with Gasteiger partial charge >= 0.3 is 0 Å². The number of benzene rings is 1. The van der Waals surface area contributed by atoms with Crippen LogP contribution in [0.3, 0.4) is 0 Å². The van der Waals surface area contributed by atoms with Crippen LogP contribution in [0.1, 0.15) is 28.9 Å². The molecule has 0 aliphatic rings. The van der Waals surface area contributed by atoms with E-state index in [1.54, 1.807) is 18.5 Å². The molecule has 92 valence electrons. The monoisotopic (exact) mass is 244 g/mol. The standard InChI is InChI=1S/C14H13FN2O/c1-10(11-5-7-16-8-6-11)17-14(18)12-3-2-4-13(15)9-12/h2-10H,1H3,(H,17,18)/t10-/m1/s1. The summed E-state index contributed by atoms with van der Waals surface area (Å²) in [6, 6.07) is 9.13. The van der Waals surface area contributed by atoms with Gasteiger partial charge in [-0.2, -0.15) is 0 Å². The second-order valence-corrected chi connectivity index (χ2v) is 3.99. The molecule has 1 heterocycles. The number of amides is 1. The topological polar surface area (TPSA) is 42.0 Å². The first-order valence-electron chi connectivity index (χ1n) is 5.63. The number of pyridine rings is 1. The summed E-state index contributed by atoms with van der Waals surface area (Å²) in [5, 5.41) is 2.81. The van der Waals surface area contributed by atoms with Crippen LogP contribution in [0.15, 0.2) is 48.8 Å². The number of nitrogens with zero attached hydrogens (tertiary/aromatic N) is 1. The fraction of sp³-hybridized carbons (Fsp3) is 0.143. The van der Waals surface area contributed by atoms with E-state index >= 15 is 0 Å². The molecule has 2 rings (SSSR count). The third kappa shape index (κ3) is 2.91. The first-order valence-corrected chi connectivity index (χ1v) is 5.63. The molecule has 18 heavy (non-hydrogen) atoms. The van der Waals surface area contributed by atoms with Crippen molar-refractivity contribution in [2.24, 2.45) is 0 Å². The molecule has 0 aliphatic carbocycles. The van der Waals surface area contributed by atoms with E-state index in [0.717, 1.165) is 5.56 Å². The zero-order chi connectivity index (χ0) is 13.0. The van der Waals surface area contributed by atoms with Crippen LogP contribution >= 0.6 is 0 Å². The minimum absolute atomic E-state index is 0.149. The van der Waals surface area contributed by atoms with Crippen molar-refractivity contribution in [1.82, 2.24) is 10.3 Å². The summed E-state index contributed by atoms with van der Waals surface area (Å²) in [5.41, 5.74) is 1.27. The lowest BCUT2D eigenvalue weighted by atomic mass is 10.1. The van der Waals surface area contributed by atoms with Gasteiger partial charge in [-0.05, 0) is 42.8 Å². The summed E-state index contributed by atoms with van der Waals surface area (Å²) in [7, 11) is 0. The van der Waals surface area contributed by atoms with Gasteiger partial charge in [0.2, 0.25) is 0 Å². The third-order valence-electron chi connectivity index (χ3n) is 2.64. The van der Waals surface area contributed by atoms with E-state index in [1.165, 1.54) is 18.2 Å². The molecular formula is C14H13FN2O. The van der Waals surface area contributed by atoms with Crippen molar-refractivity contribution in [2.75, 3.05) is 0 Å². The molecule has 1 N–H and O–H groups in total. The van der Waals surface area contributed by atoms with Gasteiger partial charge in [0.25, 0.3) is 5.91 Å². The van der Waals surface area contributed by atoms with Gasteiger partial charge in [0.05, 0.1) is 6.04 Å². The summed E-state index contributed by atoms with van der Waals surface area (Å²) < 4.78 is 13.0. The van der Waals surface area contributed by atoms with Crippen LogP contribution in [0, 0.1) is 5.82 Å². The van der Waals surface area contributed by atoms with Crippen LogP contribution in [-0.4, -0.2) is 10.9 Å². The normalized spacial score (nSPS) is 11.9. The fourth-order valence-electron chi connectivity index (χ4n) is 1.65. The zero-order valence-electron chi connectivity index (χ0n) is 9.93. The van der Waals surface area contributed by atoms with Crippen molar-refractivity contribution in [2.45, 2.75) is 13.0 Å². The molecule has 1 aromatic heterocycles. The highest BCUT2D eigenvalue weighted by molar-refractivity contribution is 5.94. The number of rotatable bonds is 3. The van der Waals surface area contributed by atoms with Gasteiger partial charge in [-0.15, -0.1) is 0 Å². The second-order valence-electron chi connectivity index (χ2n) is 3.99. The highest BCUT2D eigenvalue weighted by Crippen LogP contribution is 2.12. The van der Waals surface area contributed by atoms with Crippen LogP contribution in [0.25, 0.3) is 0 Å². The molecule has 0 bridgehead atoms. The number of hydrogen-bond acceptors (Lipinski definition) is 2. The molecule has 2 aromatic rings. The maximum atomic E-state index is 13.0. The van der Waals surface area contributed by atoms with E-state index in [2.05, 4.69) is 10.3 Å². The number of carbonyl (C=O) groups excluding carboxylic acids is 1. The molecule has 0 radical (unpaired) electrons. The van der Waals surface area contributed by atoms with Crippen molar-refractivity contribution < 1.29 is 9.18 Å². The number of nitrogens with one attached hydrogen (secondary N) is 1. The van der Waals surface area contributed by atoms with Crippen molar-refractivity contribution in [3.8, 4) is 0 Å². The zero-order valence-corrected chi connectivity index (χ0v) is 9.93. The van der Waals surface area contributed by atoms with E-state index in [1.807, 2.05) is 19.1 Å². The van der Waals surface area contributed by atoms with Gasteiger partial charge < -0.3 is 5.32 Å². The molecule has 1 amide bonds. The predicted octanol–water partition coefficient (Wildman–Crippen LogP) is 2.71. The molecule has 0 spiro atoms. The lowest BCUT2D eigenvalue weighted by molar-refractivity contribution is 0.0939. The Kier molecular flexibility index (Phi) is 3.67. The van der Waals surface area contributed by atoms with Crippen molar-refractivity contribution in [3.05, 3.63) is 65.7 Å². The summed E-state index contributed by atoms with van der Waals surface area (Å²) in [6.45, 7) is 1.87. The lowest BCUT2D eigenvalue weighted by Crippen LogP contribution is -2.26. The molecule has 0 aliphatic heterocycles. The van der Waals surface area contributed by atoms with Gasteiger partial charge in [0, 0.05) is 18.0 Å². The van der Waals surface area contributed by atoms with Crippen LogP contribution in [0.2, 0.25) is 0 Å². The maximum absolute atomic E-state index is 13.0. The predicted molar refractivity (Wildman–Crippen MR) is 66.5 cm³/mol. The summed E-state index contributed by atoms with van der Waals surface area (Å²) in [6.07, 6.45) is 3.33. The first kappa shape index (κ1) is 12.2. The Morgan fingerprint density at radius 2 is 2.00 bits per heavy atom. The Bertz CT molecular complexity index is 543. The summed E-state index contributed by atoms with van der Waals surface area (Å²) in [4.78, 5) is 15.8. The Balaban J connectivity index is 2.08. The first-order chi connectivity index (χ1) is 8.66. The SMILES string of the molecule is C[C@@H](NC(=O)c1cccc(F)c1)c1ccncc1. The smallest absolute Gasteiger partial charge is 0.251 e. The van der Waals surface area contributed by atoms with E-state index in [0.29, 0.717) is 5.56 Å². The van der Waals surface area contributed by atoms with E-state index < -0.39 is 5.82 Å². The highest BCUT2D eigenvalue weighted by atomic mass is 19.1. The molecular weight excluding hydrogens is 231 g/mol. The number of aromatic nitrogens is 1. The summed E-state index contributed by atoms with van der Waals surface area (Å²) in [5.74, 6) is -0.710. The van der Waals surface area contributed by atoms with Crippen LogP contribution in [0.4, 0.5) is 4.39 Å². The number of halogens is 1. The van der Waals surface area contributed by atoms with Crippen LogP contribution < -0.4 is 5.32 Å². The van der Waals surface area contributed by atoms with E-state index in [9.17, 15) is 9.18 Å². The molecule has 0 fully saturated rings. The number of carbonyl (C=O) groups is 1. The number of hydrogen-bond donors (Lipinski definition) is 1. The molecule has 0 saturated carbocycles. The average molecular weight is 244 g/mol. The Morgan fingerprint density at radius 1 is 1.28 bits per heavy atom. The van der Waals surface area contributed by atoms with Crippen molar-refractivity contribution in [1.29, 1.82) is 0 Å². The lowest BCUT2D eigenvalue weighted by Gasteiger charge is -2.14. The minimum atomic E-state index is -0.417. The van der Waals surface area contributed by atoms with Crippen molar-refractivity contribution in [3.63, 3.8) is 0 Å². The Morgan fingerprint density at radius 3 is 2.67 bits per heavy atom. The molecule has 1 atom stereocenters.